The summed E-state index contributed by atoms with van der Waals surface area (Å²) in [4.78, 5) is 18.1. The highest BCUT2D eigenvalue weighted by Gasteiger charge is 2.20. The van der Waals surface area contributed by atoms with Crippen molar-refractivity contribution in [3.63, 3.8) is 0 Å². The van der Waals surface area contributed by atoms with E-state index in [1.165, 1.54) is 12.8 Å². The van der Waals surface area contributed by atoms with Gasteiger partial charge < -0.3 is 10.2 Å². The number of nitrogens with one attached hydrogen (secondary N) is 1. The van der Waals surface area contributed by atoms with Gasteiger partial charge in [0.05, 0.1) is 5.69 Å². The summed E-state index contributed by atoms with van der Waals surface area (Å²) in [5, 5.41) is 3.61. The zero-order chi connectivity index (χ0) is 16.9. The van der Waals surface area contributed by atoms with Crippen LogP contribution in [-0.4, -0.2) is 52.1 Å². The van der Waals surface area contributed by atoms with Crippen molar-refractivity contribution in [3.05, 3.63) is 42.5 Å². The standard InChI is InChI=1S/C19H26N6/c1-2-8-20-17(5-1)14-24-11-6-16(7-12-24)23-18-13-19(22-15-21-18)25-9-3-4-10-25/h1-2,5,8,13,15-16H,3-4,6-7,9-12,14H2,(H,21,22,23). The molecule has 2 aromatic rings. The van der Waals surface area contributed by atoms with Gasteiger partial charge in [0.15, 0.2) is 0 Å². The van der Waals surface area contributed by atoms with E-state index in [4.69, 9.17) is 0 Å². The predicted octanol–water partition coefficient (Wildman–Crippen LogP) is 2.55. The molecular formula is C19H26N6. The van der Waals surface area contributed by atoms with E-state index in [0.717, 1.165) is 62.9 Å². The maximum atomic E-state index is 4.43. The third-order valence-corrected chi connectivity index (χ3v) is 5.13. The Morgan fingerprint density at radius 3 is 2.60 bits per heavy atom. The molecule has 2 fully saturated rings. The van der Waals surface area contributed by atoms with Gasteiger partial charge in [-0.3, -0.25) is 9.88 Å². The van der Waals surface area contributed by atoms with Crippen LogP contribution in [0, 0.1) is 0 Å². The van der Waals surface area contributed by atoms with Crippen LogP contribution in [0.2, 0.25) is 0 Å². The molecule has 4 rings (SSSR count). The molecule has 6 nitrogen and oxygen atoms in total. The molecule has 2 aliphatic rings. The van der Waals surface area contributed by atoms with Crippen molar-refractivity contribution in [1.29, 1.82) is 0 Å². The topological polar surface area (TPSA) is 57.2 Å². The maximum absolute atomic E-state index is 4.43. The molecule has 0 atom stereocenters. The van der Waals surface area contributed by atoms with Crippen LogP contribution in [-0.2, 0) is 6.54 Å². The molecule has 0 aromatic carbocycles. The Kier molecular flexibility index (Phi) is 5.06. The molecule has 25 heavy (non-hydrogen) atoms. The number of aromatic nitrogens is 3. The largest absolute Gasteiger partial charge is 0.367 e. The number of hydrogen-bond donors (Lipinski definition) is 1. The normalized spacial score (nSPS) is 19.3. The van der Waals surface area contributed by atoms with Gasteiger partial charge in [-0.05, 0) is 37.8 Å². The lowest BCUT2D eigenvalue weighted by molar-refractivity contribution is 0.209. The third-order valence-electron chi connectivity index (χ3n) is 5.13. The molecule has 0 bridgehead atoms. The Morgan fingerprint density at radius 1 is 1.00 bits per heavy atom. The van der Waals surface area contributed by atoms with E-state index in [1.807, 2.05) is 12.3 Å². The second-order valence-corrected chi connectivity index (χ2v) is 6.97. The molecule has 0 aliphatic carbocycles. The molecule has 2 aromatic heterocycles. The first kappa shape index (κ1) is 16.3. The second-order valence-electron chi connectivity index (χ2n) is 6.97. The summed E-state index contributed by atoms with van der Waals surface area (Å²) in [5.74, 6) is 2.02. The molecule has 2 saturated heterocycles. The molecular weight excluding hydrogens is 312 g/mol. The van der Waals surface area contributed by atoms with Crippen molar-refractivity contribution < 1.29 is 0 Å². The van der Waals surface area contributed by atoms with Crippen molar-refractivity contribution in [2.75, 3.05) is 36.4 Å². The van der Waals surface area contributed by atoms with Crippen LogP contribution in [0.4, 0.5) is 11.6 Å². The average Bonchev–Trinajstić information content (AvgIpc) is 3.19. The van der Waals surface area contributed by atoms with Gasteiger partial charge in [-0.15, -0.1) is 0 Å². The van der Waals surface area contributed by atoms with E-state index in [1.54, 1.807) is 6.33 Å². The molecule has 0 saturated carbocycles. The SMILES string of the molecule is c1ccc(CN2CCC(Nc3cc(N4CCCC4)ncn3)CC2)nc1. The van der Waals surface area contributed by atoms with Gasteiger partial charge in [0.25, 0.3) is 0 Å². The lowest BCUT2D eigenvalue weighted by atomic mass is 10.0. The third kappa shape index (κ3) is 4.25. The minimum absolute atomic E-state index is 0.487. The summed E-state index contributed by atoms with van der Waals surface area (Å²) in [6, 6.07) is 8.72. The van der Waals surface area contributed by atoms with Gasteiger partial charge in [-0.2, -0.15) is 0 Å². The van der Waals surface area contributed by atoms with E-state index >= 15 is 0 Å². The number of likely N-dealkylation sites (tertiary alicyclic amines) is 1. The number of pyridine rings is 1. The Hall–Kier alpha value is -2.21. The first-order valence-electron chi connectivity index (χ1n) is 9.32. The Balaban J connectivity index is 1.29. The van der Waals surface area contributed by atoms with Crippen LogP contribution >= 0.6 is 0 Å². The summed E-state index contributed by atoms with van der Waals surface area (Å²) in [6.45, 7) is 5.36. The van der Waals surface area contributed by atoms with Crippen LogP contribution < -0.4 is 10.2 Å². The number of hydrogen-bond acceptors (Lipinski definition) is 6. The van der Waals surface area contributed by atoms with E-state index in [2.05, 4.69) is 48.3 Å². The molecule has 0 unspecified atom stereocenters. The van der Waals surface area contributed by atoms with E-state index in [9.17, 15) is 0 Å². The van der Waals surface area contributed by atoms with Crippen molar-refractivity contribution in [2.24, 2.45) is 0 Å². The quantitative estimate of drug-likeness (QED) is 0.904. The smallest absolute Gasteiger partial charge is 0.134 e. The van der Waals surface area contributed by atoms with Crippen LogP contribution in [0.25, 0.3) is 0 Å². The number of rotatable bonds is 5. The van der Waals surface area contributed by atoms with Gasteiger partial charge in [0, 0.05) is 51.0 Å². The molecule has 0 radical (unpaired) electrons. The average molecular weight is 338 g/mol. The van der Waals surface area contributed by atoms with Crippen LogP contribution in [0.15, 0.2) is 36.8 Å². The van der Waals surface area contributed by atoms with Crippen LogP contribution in [0.5, 0.6) is 0 Å². The Labute approximate surface area is 149 Å². The number of anilines is 2. The van der Waals surface area contributed by atoms with E-state index in [0.29, 0.717) is 6.04 Å². The summed E-state index contributed by atoms with van der Waals surface area (Å²) in [6.07, 6.45) is 8.36. The van der Waals surface area contributed by atoms with Crippen LogP contribution in [0.3, 0.4) is 0 Å². The highest BCUT2D eigenvalue weighted by Crippen LogP contribution is 2.21. The second kappa shape index (κ2) is 7.78. The molecule has 6 heteroatoms. The predicted molar refractivity (Wildman–Crippen MR) is 99.6 cm³/mol. The van der Waals surface area contributed by atoms with Crippen molar-refractivity contribution in [2.45, 2.75) is 38.3 Å². The molecule has 0 amide bonds. The maximum Gasteiger partial charge on any atom is 0.134 e. The van der Waals surface area contributed by atoms with Crippen LogP contribution in [0.1, 0.15) is 31.4 Å². The zero-order valence-electron chi connectivity index (χ0n) is 14.6. The van der Waals surface area contributed by atoms with Crippen molar-refractivity contribution >= 4 is 11.6 Å². The number of piperidine rings is 1. The molecule has 0 spiro atoms. The molecule has 1 N–H and O–H groups in total. The van der Waals surface area contributed by atoms with E-state index in [-0.39, 0.29) is 0 Å². The summed E-state index contributed by atoms with van der Waals surface area (Å²) in [5.41, 5.74) is 1.15. The summed E-state index contributed by atoms with van der Waals surface area (Å²) < 4.78 is 0. The summed E-state index contributed by atoms with van der Waals surface area (Å²) >= 11 is 0. The zero-order valence-corrected chi connectivity index (χ0v) is 14.6. The first-order chi connectivity index (χ1) is 12.4. The van der Waals surface area contributed by atoms with Gasteiger partial charge >= 0.3 is 0 Å². The molecule has 132 valence electrons. The van der Waals surface area contributed by atoms with Crippen molar-refractivity contribution in [1.82, 2.24) is 19.9 Å². The van der Waals surface area contributed by atoms with E-state index < -0.39 is 0 Å². The fourth-order valence-electron chi connectivity index (χ4n) is 3.71. The Morgan fingerprint density at radius 2 is 1.84 bits per heavy atom. The van der Waals surface area contributed by atoms with Crippen molar-refractivity contribution in [3.8, 4) is 0 Å². The monoisotopic (exact) mass is 338 g/mol. The van der Waals surface area contributed by atoms with Gasteiger partial charge in [0.1, 0.15) is 18.0 Å². The fourth-order valence-corrected chi connectivity index (χ4v) is 3.71. The molecule has 2 aliphatic heterocycles. The highest BCUT2D eigenvalue weighted by atomic mass is 15.2. The van der Waals surface area contributed by atoms with Gasteiger partial charge in [-0.1, -0.05) is 6.07 Å². The Bertz CT molecular complexity index is 663. The highest BCUT2D eigenvalue weighted by molar-refractivity contribution is 5.49. The molecule has 4 heterocycles. The van der Waals surface area contributed by atoms with Gasteiger partial charge in [-0.25, -0.2) is 9.97 Å². The lowest BCUT2D eigenvalue weighted by Crippen LogP contribution is -2.39. The first-order valence-corrected chi connectivity index (χ1v) is 9.32. The lowest BCUT2D eigenvalue weighted by Gasteiger charge is -2.32. The minimum atomic E-state index is 0.487. The fraction of sp³-hybridized carbons (Fsp3) is 0.526. The minimum Gasteiger partial charge on any atom is -0.367 e. The summed E-state index contributed by atoms with van der Waals surface area (Å²) in [7, 11) is 0. The number of nitrogens with zero attached hydrogens (tertiary/aromatic N) is 5. The van der Waals surface area contributed by atoms with Gasteiger partial charge in [0.2, 0.25) is 0 Å².